The molecule has 1 unspecified atom stereocenters. The number of hydrogen-bond donors (Lipinski definition) is 1. The average molecular weight is 324 g/mol. The van der Waals surface area contributed by atoms with Crippen molar-refractivity contribution in [3.05, 3.63) is 57.6 Å². The van der Waals surface area contributed by atoms with Crippen LogP contribution in [0.3, 0.4) is 0 Å². The first kappa shape index (κ1) is 14.5. The van der Waals surface area contributed by atoms with Gasteiger partial charge in [-0.25, -0.2) is 0 Å². The first-order valence-corrected chi connectivity index (χ1v) is 7.46. The van der Waals surface area contributed by atoms with Crippen molar-refractivity contribution in [3.8, 4) is 11.5 Å². The lowest BCUT2D eigenvalue weighted by atomic mass is 9.92. The number of halogens is 2. The summed E-state index contributed by atoms with van der Waals surface area (Å²) >= 11 is 12.2. The van der Waals surface area contributed by atoms with E-state index in [1.54, 1.807) is 6.07 Å². The van der Waals surface area contributed by atoms with Crippen LogP contribution >= 0.6 is 23.2 Å². The molecular formula is C16H15Cl2NO2. The van der Waals surface area contributed by atoms with E-state index in [-0.39, 0.29) is 12.7 Å². The van der Waals surface area contributed by atoms with Crippen molar-refractivity contribution >= 4 is 23.2 Å². The topological polar surface area (TPSA) is 44.5 Å². The molecule has 2 aromatic rings. The van der Waals surface area contributed by atoms with Crippen LogP contribution in [0.15, 0.2) is 36.4 Å². The van der Waals surface area contributed by atoms with E-state index in [1.165, 1.54) is 0 Å². The van der Waals surface area contributed by atoms with Gasteiger partial charge in [0.1, 0.15) is 0 Å². The summed E-state index contributed by atoms with van der Waals surface area (Å²) in [6.07, 6.45) is 0.756. The lowest BCUT2D eigenvalue weighted by molar-refractivity contribution is 0.174. The number of benzene rings is 2. The van der Waals surface area contributed by atoms with Crippen LogP contribution in [-0.4, -0.2) is 13.3 Å². The predicted octanol–water partition coefficient (Wildman–Crippen LogP) is 4.01. The number of hydrogen-bond acceptors (Lipinski definition) is 3. The molecule has 0 amide bonds. The highest BCUT2D eigenvalue weighted by Crippen LogP contribution is 2.35. The molecule has 3 nitrogen and oxygen atoms in total. The van der Waals surface area contributed by atoms with Crippen LogP contribution in [0.4, 0.5) is 0 Å². The monoisotopic (exact) mass is 323 g/mol. The highest BCUT2D eigenvalue weighted by atomic mass is 35.5. The molecule has 0 aliphatic carbocycles. The summed E-state index contributed by atoms with van der Waals surface area (Å²) < 4.78 is 10.7. The lowest BCUT2D eigenvalue weighted by Crippen LogP contribution is -2.15. The second-order valence-corrected chi connectivity index (χ2v) is 5.83. The molecule has 0 fully saturated rings. The van der Waals surface area contributed by atoms with Crippen LogP contribution in [0.25, 0.3) is 0 Å². The largest absolute Gasteiger partial charge is 0.454 e. The Bertz CT molecular complexity index is 661. The normalized spacial score (nSPS) is 14.2. The van der Waals surface area contributed by atoms with Gasteiger partial charge in [0.2, 0.25) is 6.79 Å². The van der Waals surface area contributed by atoms with Gasteiger partial charge in [0.05, 0.1) is 0 Å². The van der Waals surface area contributed by atoms with Crippen molar-refractivity contribution in [2.45, 2.75) is 12.3 Å². The molecule has 1 aliphatic heterocycles. The predicted molar refractivity (Wildman–Crippen MR) is 84.5 cm³/mol. The van der Waals surface area contributed by atoms with E-state index in [9.17, 15) is 0 Å². The quantitative estimate of drug-likeness (QED) is 0.924. The Balaban J connectivity index is 1.85. The first-order chi connectivity index (χ1) is 10.2. The Labute approximate surface area is 133 Å². The van der Waals surface area contributed by atoms with Crippen LogP contribution in [0.5, 0.6) is 11.5 Å². The summed E-state index contributed by atoms with van der Waals surface area (Å²) in [4.78, 5) is 0. The summed E-state index contributed by atoms with van der Waals surface area (Å²) in [6.45, 7) is 0.799. The smallest absolute Gasteiger partial charge is 0.231 e. The summed E-state index contributed by atoms with van der Waals surface area (Å²) in [7, 11) is 0. The molecule has 1 heterocycles. The second-order valence-electron chi connectivity index (χ2n) is 4.99. The van der Waals surface area contributed by atoms with Crippen molar-refractivity contribution in [2.24, 2.45) is 5.73 Å². The summed E-state index contributed by atoms with van der Waals surface area (Å²) in [5, 5.41) is 1.30. The van der Waals surface area contributed by atoms with Gasteiger partial charge in [0.25, 0.3) is 0 Å². The van der Waals surface area contributed by atoms with E-state index in [2.05, 4.69) is 0 Å². The van der Waals surface area contributed by atoms with Gasteiger partial charge in [-0.1, -0.05) is 35.3 Å². The van der Waals surface area contributed by atoms with Gasteiger partial charge >= 0.3 is 0 Å². The van der Waals surface area contributed by atoms with Crippen LogP contribution in [0, 0.1) is 0 Å². The maximum Gasteiger partial charge on any atom is 0.231 e. The highest BCUT2D eigenvalue weighted by Gasteiger charge is 2.18. The maximum atomic E-state index is 6.24. The van der Waals surface area contributed by atoms with Crippen LogP contribution in [0.2, 0.25) is 10.0 Å². The van der Waals surface area contributed by atoms with E-state index in [0.717, 1.165) is 29.0 Å². The number of rotatable bonds is 4. The molecule has 3 rings (SSSR count). The van der Waals surface area contributed by atoms with Gasteiger partial charge in [-0.3, -0.25) is 0 Å². The molecule has 5 heteroatoms. The number of ether oxygens (including phenoxy) is 2. The van der Waals surface area contributed by atoms with Crippen LogP contribution in [0.1, 0.15) is 17.0 Å². The standard InChI is InChI=1S/C16H15Cl2NO2/c17-13-3-1-11(14(18)7-13)5-12(8-19)10-2-4-15-16(6-10)21-9-20-15/h1-4,6-7,12H,5,8-9,19H2. The minimum absolute atomic E-state index is 0.165. The molecule has 0 radical (unpaired) electrons. The van der Waals surface area contributed by atoms with E-state index >= 15 is 0 Å². The molecule has 0 spiro atoms. The van der Waals surface area contributed by atoms with Crippen molar-refractivity contribution in [1.82, 2.24) is 0 Å². The molecule has 0 aromatic heterocycles. The number of fused-ring (bicyclic) bond motifs is 1. The molecule has 1 atom stereocenters. The van der Waals surface area contributed by atoms with Crippen molar-refractivity contribution < 1.29 is 9.47 Å². The zero-order valence-electron chi connectivity index (χ0n) is 11.3. The average Bonchev–Trinajstić information content (AvgIpc) is 2.94. The molecule has 2 aromatic carbocycles. The third-order valence-electron chi connectivity index (χ3n) is 3.63. The molecule has 110 valence electrons. The van der Waals surface area contributed by atoms with Gasteiger partial charge in [-0.15, -0.1) is 0 Å². The third kappa shape index (κ3) is 3.10. The van der Waals surface area contributed by atoms with Gasteiger partial charge in [0.15, 0.2) is 11.5 Å². The van der Waals surface area contributed by atoms with Gasteiger partial charge in [-0.05, 0) is 48.4 Å². The van der Waals surface area contributed by atoms with Crippen LogP contribution < -0.4 is 15.2 Å². The minimum atomic E-state index is 0.165. The molecule has 0 bridgehead atoms. The third-order valence-corrected chi connectivity index (χ3v) is 4.22. The Morgan fingerprint density at radius 3 is 2.62 bits per heavy atom. The van der Waals surface area contributed by atoms with Gasteiger partial charge in [-0.2, -0.15) is 0 Å². The first-order valence-electron chi connectivity index (χ1n) is 6.71. The van der Waals surface area contributed by atoms with Crippen molar-refractivity contribution in [3.63, 3.8) is 0 Å². The Hall–Kier alpha value is -1.42. The SMILES string of the molecule is NCC(Cc1ccc(Cl)cc1Cl)c1ccc2c(c1)OCO2. The Morgan fingerprint density at radius 1 is 1.05 bits per heavy atom. The minimum Gasteiger partial charge on any atom is -0.454 e. The number of nitrogens with two attached hydrogens (primary N) is 1. The fourth-order valence-electron chi connectivity index (χ4n) is 2.46. The van der Waals surface area contributed by atoms with E-state index < -0.39 is 0 Å². The fraction of sp³-hybridized carbons (Fsp3) is 0.250. The second kappa shape index (κ2) is 6.14. The van der Waals surface area contributed by atoms with Crippen LogP contribution in [-0.2, 0) is 6.42 Å². The molecule has 1 aliphatic rings. The van der Waals surface area contributed by atoms with E-state index in [0.29, 0.717) is 16.6 Å². The van der Waals surface area contributed by atoms with Crippen molar-refractivity contribution in [1.29, 1.82) is 0 Å². The zero-order chi connectivity index (χ0) is 14.8. The van der Waals surface area contributed by atoms with Gasteiger partial charge < -0.3 is 15.2 Å². The summed E-state index contributed by atoms with van der Waals surface area (Å²) in [5.74, 6) is 1.71. The zero-order valence-corrected chi connectivity index (χ0v) is 12.8. The molecule has 0 saturated heterocycles. The highest BCUT2D eigenvalue weighted by molar-refractivity contribution is 6.35. The molecule has 2 N–H and O–H groups in total. The Morgan fingerprint density at radius 2 is 1.86 bits per heavy atom. The van der Waals surface area contributed by atoms with Gasteiger partial charge in [0, 0.05) is 16.0 Å². The maximum absolute atomic E-state index is 6.24. The fourth-order valence-corrected chi connectivity index (χ4v) is 2.94. The molecular weight excluding hydrogens is 309 g/mol. The Kier molecular flexibility index (Phi) is 4.24. The lowest BCUT2D eigenvalue weighted by Gasteiger charge is -2.17. The van der Waals surface area contributed by atoms with Crippen molar-refractivity contribution in [2.75, 3.05) is 13.3 Å². The molecule has 21 heavy (non-hydrogen) atoms. The van der Waals surface area contributed by atoms with E-state index in [1.807, 2.05) is 30.3 Å². The molecule has 0 saturated carbocycles. The van der Waals surface area contributed by atoms with E-state index in [4.69, 9.17) is 38.4 Å². The summed E-state index contributed by atoms with van der Waals surface area (Å²) in [6, 6.07) is 11.5. The summed E-state index contributed by atoms with van der Waals surface area (Å²) in [5.41, 5.74) is 8.09.